The Morgan fingerprint density at radius 1 is 1.05 bits per heavy atom. The molecule has 22 heavy (non-hydrogen) atoms. The van der Waals surface area contributed by atoms with Gasteiger partial charge < -0.3 is 10.6 Å². The highest BCUT2D eigenvalue weighted by atomic mass is 16.2. The smallest absolute Gasteiger partial charge is 0.252 e. The van der Waals surface area contributed by atoms with Crippen molar-refractivity contribution in [2.45, 2.75) is 18.9 Å². The van der Waals surface area contributed by atoms with Gasteiger partial charge in [-0.2, -0.15) is 0 Å². The van der Waals surface area contributed by atoms with Crippen LogP contribution in [0.5, 0.6) is 0 Å². The first-order chi connectivity index (χ1) is 10.7. The Morgan fingerprint density at radius 3 is 2.59 bits per heavy atom. The number of nitrogens with one attached hydrogen (secondary N) is 2. The molecule has 2 aromatic rings. The van der Waals surface area contributed by atoms with Crippen LogP contribution >= 0.6 is 0 Å². The van der Waals surface area contributed by atoms with Crippen molar-refractivity contribution in [2.75, 3.05) is 6.54 Å². The summed E-state index contributed by atoms with van der Waals surface area (Å²) in [5, 5.41) is 5.77. The first-order valence-electron chi connectivity index (χ1n) is 7.44. The van der Waals surface area contributed by atoms with Gasteiger partial charge in [0.2, 0.25) is 5.91 Å². The zero-order valence-electron chi connectivity index (χ0n) is 12.2. The number of amides is 2. The van der Waals surface area contributed by atoms with Crippen molar-refractivity contribution in [3.05, 3.63) is 71.3 Å². The molecule has 1 aliphatic heterocycles. The Morgan fingerprint density at radius 2 is 1.77 bits per heavy atom. The van der Waals surface area contributed by atoms with E-state index in [1.165, 1.54) is 5.56 Å². The molecule has 0 unspecified atom stereocenters. The largest absolute Gasteiger partial charge is 0.356 e. The number of rotatable bonds is 5. The van der Waals surface area contributed by atoms with Gasteiger partial charge in [-0.3, -0.25) is 9.59 Å². The van der Waals surface area contributed by atoms with Crippen LogP contribution in [0, 0.1) is 0 Å². The minimum atomic E-state index is -0.222. The van der Waals surface area contributed by atoms with Crippen molar-refractivity contribution in [1.82, 2.24) is 10.6 Å². The second-order valence-corrected chi connectivity index (χ2v) is 5.40. The zero-order valence-corrected chi connectivity index (χ0v) is 12.2. The third kappa shape index (κ3) is 3.17. The maximum Gasteiger partial charge on any atom is 0.252 e. The van der Waals surface area contributed by atoms with E-state index in [1.54, 1.807) is 6.07 Å². The Kier molecular flexibility index (Phi) is 4.19. The van der Waals surface area contributed by atoms with E-state index in [-0.39, 0.29) is 24.3 Å². The summed E-state index contributed by atoms with van der Waals surface area (Å²) in [5.74, 6) is -0.143. The molecule has 112 valence electrons. The van der Waals surface area contributed by atoms with Crippen LogP contribution in [0.1, 0.15) is 33.9 Å². The van der Waals surface area contributed by atoms with E-state index in [2.05, 4.69) is 10.6 Å². The Balaban J connectivity index is 1.52. The molecular formula is C18H18N2O2. The van der Waals surface area contributed by atoms with E-state index in [4.69, 9.17) is 0 Å². The Labute approximate surface area is 129 Å². The van der Waals surface area contributed by atoms with Crippen molar-refractivity contribution in [3.8, 4) is 0 Å². The lowest BCUT2D eigenvalue weighted by Gasteiger charge is -2.12. The summed E-state index contributed by atoms with van der Waals surface area (Å²) < 4.78 is 0. The van der Waals surface area contributed by atoms with Gasteiger partial charge >= 0.3 is 0 Å². The van der Waals surface area contributed by atoms with Crippen molar-refractivity contribution in [2.24, 2.45) is 0 Å². The molecule has 1 heterocycles. The third-order valence-electron chi connectivity index (χ3n) is 3.85. The maximum atomic E-state index is 12.0. The predicted molar refractivity (Wildman–Crippen MR) is 84.4 cm³/mol. The molecule has 2 amide bonds. The first kappa shape index (κ1) is 14.3. The highest BCUT2D eigenvalue weighted by Gasteiger charge is 2.29. The second kappa shape index (κ2) is 6.43. The SMILES string of the molecule is O=C(C[C@@H]1NC(=O)c2ccccc21)NCCc1ccccc1. The van der Waals surface area contributed by atoms with Crippen LogP contribution in [-0.2, 0) is 11.2 Å². The monoisotopic (exact) mass is 294 g/mol. The molecule has 1 atom stereocenters. The molecule has 0 saturated heterocycles. The quantitative estimate of drug-likeness (QED) is 0.888. The van der Waals surface area contributed by atoms with Crippen LogP contribution < -0.4 is 10.6 Å². The molecule has 4 nitrogen and oxygen atoms in total. The Bertz CT molecular complexity index is 682. The molecular weight excluding hydrogens is 276 g/mol. The number of carbonyl (C=O) groups is 2. The molecule has 0 aromatic heterocycles. The number of fused-ring (bicyclic) bond motifs is 1. The fraction of sp³-hybridized carbons (Fsp3) is 0.222. The summed E-state index contributed by atoms with van der Waals surface area (Å²) in [6, 6.07) is 17.2. The molecule has 4 heteroatoms. The summed E-state index contributed by atoms with van der Waals surface area (Å²) in [6.07, 6.45) is 1.08. The van der Waals surface area contributed by atoms with Crippen LogP contribution in [0.4, 0.5) is 0 Å². The molecule has 0 saturated carbocycles. The van der Waals surface area contributed by atoms with Crippen molar-refractivity contribution < 1.29 is 9.59 Å². The molecule has 0 bridgehead atoms. The molecule has 0 spiro atoms. The molecule has 2 N–H and O–H groups in total. The van der Waals surface area contributed by atoms with E-state index >= 15 is 0 Å². The number of benzene rings is 2. The lowest BCUT2D eigenvalue weighted by atomic mass is 10.0. The summed E-state index contributed by atoms with van der Waals surface area (Å²) >= 11 is 0. The average molecular weight is 294 g/mol. The van der Waals surface area contributed by atoms with Crippen LogP contribution in [0.2, 0.25) is 0 Å². The van der Waals surface area contributed by atoms with Gasteiger partial charge in [-0.1, -0.05) is 48.5 Å². The molecule has 0 fully saturated rings. The Hall–Kier alpha value is -2.62. The van der Waals surface area contributed by atoms with Crippen LogP contribution in [-0.4, -0.2) is 18.4 Å². The molecule has 0 aliphatic carbocycles. The van der Waals surface area contributed by atoms with E-state index in [9.17, 15) is 9.59 Å². The van der Waals surface area contributed by atoms with E-state index in [1.807, 2.05) is 48.5 Å². The van der Waals surface area contributed by atoms with Crippen molar-refractivity contribution in [1.29, 1.82) is 0 Å². The van der Waals surface area contributed by atoms with Gasteiger partial charge in [0.1, 0.15) is 0 Å². The lowest BCUT2D eigenvalue weighted by Crippen LogP contribution is -2.30. The van der Waals surface area contributed by atoms with Gasteiger partial charge in [-0.25, -0.2) is 0 Å². The summed E-state index contributed by atoms with van der Waals surface area (Å²) in [6.45, 7) is 0.602. The number of carbonyl (C=O) groups excluding carboxylic acids is 2. The van der Waals surface area contributed by atoms with Crippen LogP contribution in [0.25, 0.3) is 0 Å². The first-order valence-corrected chi connectivity index (χ1v) is 7.44. The summed E-state index contributed by atoms with van der Waals surface area (Å²) in [5.41, 5.74) is 2.78. The fourth-order valence-electron chi connectivity index (χ4n) is 2.73. The highest BCUT2D eigenvalue weighted by molar-refractivity contribution is 5.99. The van der Waals surface area contributed by atoms with Crippen LogP contribution in [0.15, 0.2) is 54.6 Å². The zero-order chi connectivity index (χ0) is 15.4. The molecule has 1 aliphatic rings. The summed E-state index contributed by atoms with van der Waals surface area (Å²) in [4.78, 5) is 23.9. The van der Waals surface area contributed by atoms with Gasteiger partial charge in [0.05, 0.1) is 12.5 Å². The fourth-order valence-corrected chi connectivity index (χ4v) is 2.73. The number of hydrogen-bond donors (Lipinski definition) is 2. The standard InChI is InChI=1S/C18H18N2O2/c21-17(19-11-10-13-6-2-1-3-7-13)12-16-14-8-4-5-9-15(14)18(22)20-16/h1-9,16H,10-12H2,(H,19,21)(H,20,22)/t16-/m0/s1. The molecule has 0 radical (unpaired) electrons. The minimum absolute atomic E-state index is 0.0436. The van der Waals surface area contributed by atoms with Gasteiger partial charge in [-0.15, -0.1) is 0 Å². The lowest BCUT2D eigenvalue weighted by molar-refractivity contribution is -0.121. The molecule has 2 aromatic carbocycles. The van der Waals surface area contributed by atoms with E-state index in [0.29, 0.717) is 12.1 Å². The average Bonchev–Trinajstić information content (AvgIpc) is 2.85. The van der Waals surface area contributed by atoms with Gasteiger partial charge in [0.25, 0.3) is 5.91 Å². The molecule has 3 rings (SSSR count). The third-order valence-corrected chi connectivity index (χ3v) is 3.85. The highest BCUT2D eigenvalue weighted by Crippen LogP contribution is 2.27. The predicted octanol–water partition coefficient (Wildman–Crippen LogP) is 2.22. The van der Waals surface area contributed by atoms with E-state index in [0.717, 1.165) is 12.0 Å². The van der Waals surface area contributed by atoms with Gasteiger partial charge in [0.15, 0.2) is 0 Å². The minimum Gasteiger partial charge on any atom is -0.356 e. The number of hydrogen-bond acceptors (Lipinski definition) is 2. The summed E-state index contributed by atoms with van der Waals surface area (Å²) in [7, 11) is 0. The topological polar surface area (TPSA) is 58.2 Å². The van der Waals surface area contributed by atoms with Gasteiger partial charge in [-0.05, 0) is 23.6 Å². The van der Waals surface area contributed by atoms with Gasteiger partial charge in [0, 0.05) is 12.1 Å². The van der Waals surface area contributed by atoms with Crippen LogP contribution in [0.3, 0.4) is 0 Å². The van der Waals surface area contributed by atoms with E-state index < -0.39 is 0 Å². The van der Waals surface area contributed by atoms with Crippen molar-refractivity contribution in [3.63, 3.8) is 0 Å². The normalized spacial score (nSPS) is 16.0. The maximum absolute atomic E-state index is 12.0. The second-order valence-electron chi connectivity index (χ2n) is 5.40. The van der Waals surface area contributed by atoms with Crippen molar-refractivity contribution >= 4 is 11.8 Å².